The summed E-state index contributed by atoms with van der Waals surface area (Å²) in [5.41, 5.74) is 0.598. The molecule has 1 aromatic carbocycles. The topological polar surface area (TPSA) is 12.0 Å². The maximum atomic E-state index is 13.8. The molecule has 1 nitrogen and oxygen atoms in total. The number of hydrogen-bond acceptors (Lipinski definition) is 2. The maximum absolute atomic E-state index is 13.8. The second-order valence-electron chi connectivity index (χ2n) is 4.32. The van der Waals surface area contributed by atoms with Crippen LogP contribution in [0.4, 0.5) is 8.78 Å². The molecule has 0 aliphatic carbocycles. The summed E-state index contributed by atoms with van der Waals surface area (Å²) < 4.78 is 26.7. The summed E-state index contributed by atoms with van der Waals surface area (Å²) in [7, 11) is 0. The zero-order valence-electron chi connectivity index (χ0n) is 9.88. The standard InChI is InChI=1S/C13H17F2NS/c1-2-16-13(9-5-6-17-8-9)11-4-3-10(14)7-12(11)15/h3-4,7,9,13,16H,2,5-6,8H2,1H3. The molecule has 1 heterocycles. The molecule has 94 valence electrons. The Hall–Kier alpha value is -0.610. The van der Waals surface area contributed by atoms with Crippen molar-refractivity contribution >= 4 is 11.8 Å². The Balaban J connectivity index is 2.24. The van der Waals surface area contributed by atoms with Gasteiger partial charge in [0, 0.05) is 17.7 Å². The minimum Gasteiger partial charge on any atom is -0.310 e. The van der Waals surface area contributed by atoms with Gasteiger partial charge in [0.1, 0.15) is 11.6 Å². The molecule has 1 N–H and O–H groups in total. The maximum Gasteiger partial charge on any atom is 0.130 e. The molecule has 1 aliphatic heterocycles. The molecule has 0 spiro atoms. The lowest BCUT2D eigenvalue weighted by Gasteiger charge is -2.24. The van der Waals surface area contributed by atoms with Crippen LogP contribution in [0, 0.1) is 17.6 Å². The minimum absolute atomic E-state index is 0.00981. The lowest BCUT2D eigenvalue weighted by atomic mass is 9.92. The van der Waals surface area contributed by atoms with E-state index in [1.807, 2.05) is 18.7 Å². The average molecular weight is 257 g/mol. The molecule has 0 radical (unpaired) electrons. The average Bonchev–Trinajstić information content (AvgIpc) is 2.80. The van der Waals surface area contributed by atoms with Crippen LogP contribution in [0.1, 0.15) is 24.9 Å². The Bertz CT molecular complexity index is 378. The third-order valence-corrected chi connectivity index (χ3v) is 4.35. The van der Waals surface area contributed by atoms with Gasteiger partial charge in [0.25, 0.3) is 0 Å². The Kier molecular flexibility index (Phi) is 4.40. The monoisotopic (exact) mass is 257 g/mol. The summed E-state index contributed by atoms with van der Waals surface area (Å²) >= 11 is 1.90. The van der Waals surface area contributed by atoms with E-state index in [0.717, 1.165) is 30.5 Å². The summed E-state index contributed by atoms with van der Waals surface area (Å²) in [6.45, 7) is 2.80. The van der Waals surface area contributed by atoms with Gasteiger partial charge in [0.15, 0.2) is 0 Å². The fraction of sp³-hybridized carbons (Fsp3) is 0.538. The highest BCUT2D eigenvalue weighted by molar-refractivity contribution is 7.99. The van der Waals surface area contributed by atoms with Gasteiger partial charge in [-0.05, 0) is 36.5 Å². The summed E-state index contributed by atoms with van der Waals surface area (Å²) in [4.78, 5) is 0. The third-order valence-electron chi connectivity index (χ3n) is 3.16. The zero-order valence-corrected chi connectivity index (χ0v) is 10.7. The van der Waals surface area contributed by atoms with Crippen molar-refractivity contribution in [1.29, 1.82) is 0 Å². The molecule has 0 saturated carbocycles. The smallest absolute Gasteiger partial charge is 0.130 e. The summed E-state index contributed by atoms with van der Waals surface area (Å²) in [6.07, 6.45) is 1.10. The number of halogens is 2. The largest absolute Gasteiger partial charge is 0.310 e. The lowest BCUT2D eigenvalue weighted by Crippen LogP contribution is -2.29. The molecule has 1 fully saturated rings. The van der Waals surface area contributed by atoms with Crippen molar-refractivity contribution in [2.75, 3.05) is 18.1 Å². The van der Waals surface area contributed by atoms with E-state index in [-0.39, 0.29) is 6.04 Å². The van der Waals surface area contributed by atoms with Crippen LogP contribution in [0.15, 0.2) is 18.2 Å². The van der Waals surface area contributed by atoms with Gasteiger partial charge < -0.3 is 5.32 Å². The van der Waals surface area contributed by atoms with Gasteiger partial charge in [0.2, 0.25) is 0 Å². The zero-order chi connectivity index (χ0) is 12.3. The van der Waals surface area contributed by atoms with Crippen molar-refractivity contribution < 1.29 is 8.78 Å². The van der Waals surface area contributed by atoms with Gasteiger partial charge >= 0.3 is 0 Å². The highest BCUT2D eigenvalue weighted by atomic mass is 32.2. The number of rotatable bonds is 4. The van der Waals surface area contributed by atoms with E-state index in [2.05, 4.69) is 5.32 Å². The normalized spacial score (nSPS) is 21.7. The van der Waals surface area contributed by atoms with Crippen LogP contribution in [0.25, 0.3) is 0 Å². The van der Waals surface area contributed by atoms with Crippen LogP contribution >= 0.6 is 11.8 Å². The predicted octanol–water partition coefficient (Wildman–Crippen LogP) is 3.37. The molecular weight excluding hydrogens is 240 g/mol. The van der Waals surface area contributed by atoms with Crippen LogP contribution in [-0.4, -0.2) is 18.1 Å². The Morgan fingerprint density at radius 2 is 2.29 bits per heavy atom. The molecule has 0 bridgehead atoms. The number of thioether (sulfide) groups is 1. The lowest BCUT2D eigenvalue weighted by molar-refractivity contribution is 0.386. The molecule has 1 aromatic rings. The van der Waals surface area contributed by atoms with Crippen LogP contribution in [0.3, 0.4) is 0 Å². The van der Waals surface area contributed by atoms with Crippen LogP contribution in [0.2, 0.25) is 0 Å². The summed E-state index contributed by atoms with van der Waals surface area (Å²) in [5, 5.41) is 3.33. The highest BCUT2D eigenvalue weighted by Gasteiger charge is 2.28. The quantitative estimate of drug-likeness (QED) is 0.887. The fourth-order valence-electron chi connectivity index (χ4n) is 2.32. The molecule has 1 saturated heterocycles. The van der Waals surface area contributed by atoms with E-state index < -0.39 is 11.6 Å². The van der Waals surface area contributed by atoms with E-state index in [0.29, 0.717) is 11.5 Å². The molecular formula is C13H17F2NS. The molecule has 2 atom stereocenters. The first-order chi connectivity index (χ1) is 8.22. The van der Waals surface area contributed by atoms with E-state index in [1.54, 1.807) is 6.07 Å². The summed E-state index contributed by atoms with van der Waals surface area (Å²) in [5.74, 6) is 1.68. The van der Waals surface area contributed by atoms with Gasteiger partial charge in [-0.2, -0.15) is 11.8 Å². The first-order valence-corrected chi connectivity index (χ1v) is 7.14. The summed E-state index contributed by atoms with van der Waals surface area (Å²) in [6, 6.07) is 3.89. The molecule has 17 heavy (non-hydrogen) atoms. The van der Waals surface area contributed by atoms with Crippen LogP contribution in [-0.2, 0) is 0 Å². The molecule has 0 aromatic heterocycles. The predicted molar refractivity (Wildman–Crippen MR) is 68.2 cm³/mol. The van der Waals surface area contributed by atoms with Gasteiger partial charge in [0.05, 0.1) is 0 Å². The van der Waals surface area contributed by atoms with Gasteiger partial charge in [-0.15, -0.1) is 0 Å². The van der Waals surface area contributed by atoms with Gasteiger partial charge in [-0.3, -0.25) is 0 Å². The van der Waals surface area contributed by atoms with E-state index in [9.17, 15) is 8.78 Å². The van der Waals surface area contributed by atoms with Gasteiger partial charge in [-0.1, -0.05) is 13.0 Å². The molecule has 0 amide bonds. The Morgan fingerprint density at radius 1 is 1.47 bits per heavy atom. The number of nitrogens with one attached hydrogen (secondary N) is 1. The third kappa shape index (κ3) is 2.99. The van der Waals surface area contributed by atoms with E-state index in [4.69, 9.17) is 0 Å². The molecule has 4 heteroatoms. The van der Waals surface area contributed by atoms with Crippen molar-refractivity contribution in [3.05, 3.63) is 35.4 Å². The molecule has 2 unspecified atom stereocenters. The first kappa shape index (κ1) is 12.8. The second kappa shape index (κ2) is 5.83. The van der Waals surface area contributed by atoms with E-state index in [1.165, 1.54) is 6.07 Å². The van der Waals surface area contributed by atoms with Crippen LogP contribution in [0.5, 0.6) is 0 Å². The van der Waals surface area contributed by atoms with Crippen molar-refractivity contribution in [3.8, 4) is 0 Å². The van der Waals surface area contributed by atoms with Crippen molar-refractivity contribution in [2.45, 2.75) is 19.4 Å². The van der Waals surface area contributed by atoms with Gasteiger partial charge in [-0.25, -0.2) is 8.78 Å². The Morgan fingerprint density at radius 3 is 2.88 bits per heavy atom. The van der Waals surface area contributed by atoms with Crippen molar-refractivity contribution in [3.63, 3.8) is 0 Å². The van der Waals surface area contributed by atoms with Crippen molar-refractivity contribution in [1.82, 2.24) is 5.32 Å². The highest BCUT2D eigenvalue weighted by Crippen LogP contribution is 2.35. The fourth-order valence-corrected chi connectivity index (χ4v) is 3.62. The minimum atomic E-state index is -0.512. The SMILES string of the molecule is CCNC(c1ccc(F)cc1F)C1CCSC1. The second-order valence-corrected chi connectivity index (χ2v) is 5.47. The first-order valence-electron chi connectivity index (χ1n) is 5.98. The molecule has 1 aliphatic rings. The van der Waals surface area contributed by atoms with Crippen LogP contribution < -0.4 is 5.32 Å². The molecule has 2 rings (SSSR count). The Labute approximate surface area is 105 Å². The number of hydrogen-bond donors (Lipinski definition) is 1. The van der Waals surface area contributed by atoms with Crippen molar-refractivity contribution in [2.24, 2.45) is 5.92 Å². The number of benzene rings is 1. The van der Waals surface area contributed by atoms with E-state index >= 15 is 0 Å².